The number of Topliss-reactive ketones (excluding diaryl/α,β-unsaturated/α-hetero) is 1. The smallest absolute Gasteiger partial charge is 0.339 e. The van der Waals surface area contributed by atoms with Crippen LogP contribution in [0.25, 0.3) is 22.2 Å². The first kappa shape index (κ1) is 28.7. The molecule has 6 rings (SSSR count). The Bertz CT molecular complexity index is 1770. The highest BCUT2D eigenvalue weighted by molar-refractivity contribution is 6.30. The minimum absolute atomic E-state index is 0.124. The van der Waals surface area contributed by atoms with Crippen LogP contribution in [0.4, 0.5) is 5.69 Å². The number of halogens is 1. The molecule has 0 radical (unpaired) electrons. The molecule has 1 aliphatic heterocycles. The van der Waals surface area contributed by atoms with Crippen molar-refractivity contribution in [1.29, 1.82) is 0 Å². The van der Waals surface area contributed by atoms with Crippen molar-refractivity contribution >= 4 is 51.8 Å². The normalized spacial score (nSPS) is 20.7. The third kappa shape index (κ3) is 5.34. The van der Waals surface area contributed by atoms with E-state index in [0.717, 1.165) is 24.8 Å². The van der Waals surface area contributed by atoms with Gasteiger partial charge in [-0.25, -0.2) is 9.78 Å². The lowest BCUT2D eigenvalue weighted by Crippen LogP contribution is -2.30. The van der Waals surface area contributed by atoms with Crippen LogP contribution in [0, 0.1) is 24.7 Å². The summed E-state index contributed by atoms with van der Waals surface area (Å²) in [6.07, 6.45) is 1.42. The van der Waals surface area contributed by atoms with Gasteiger partial charge in [0.2, 0.25) is 17.6 Å². The Kier molecular flexibility index (Phi) is 7.61. The van der Waals surface area contributed by atoms with E-state index in [4.69, 9.17) is 21.3 Å². The molecule has 1 aliphatic carbocycles. The van der Waals surface area contributed by atoms with Crippen LogP contribution in [0.15, 0.2) is 72.8 Å². The maximum Gasteiger partial charge on any atom is 0.339 e. The Balaban J connectivity index is 1.30. The third-order valence-electron chi connectivity index (χ3n) is 8.65. The van der Waals surface area contributed by atoms with Crippen molar-refractivity contribution in [1.82, 2.24) is 4.98 Å². The Morgan fingerprint density at radius 3 is 2.37 bits per heavy atom. The predicted molar refractivity (Wildman–Crippen MR) is 165 cm³/mol. The molecule has 218 valence electrons. The zero-order chi connectivity index (χ0) is 30.4. The van der Waals surface area contributed by atoms with Crippen LogP contribution >= 0.6 is 11.6 Å². The van der Waals surface area contributed by atoms with Crippen molar-refractivity contribution in [2.45, 2.75) is 46.1 Å². The largest absolute Gasteiger partial charge is 0.451 e. The molecule has 4 aromatic rings. The van der Waals surface area contributed by atoms with E-state index in [-0.39, 0.29) is 35.0 Å². The number of carbonyl (C=O) groups excluding carboxylic acids is 4. The van der Waals surface area contributed by atoms with E-state index in [2.05, 4.69) is 6.92 Å². The molecule has 1 saturated heterocycles. The molecule has 1 saturated carbocycles. The number of hydrogen-bond acceptors (Lipinski definition) is 6. The summed E-state index contributed by atoms with van der Waals surface area (Å²) in [5, 5.41) is 1.12. The van der Waals surface area contributed by atoms with Gasteiger partial charge in [0.1, 0.15) is 0 Å². The van der Waals surface area contributed by atoms with Gasteiger partial charge in [-0.3, -0.25) is 19.3 Å². The molecule has 2 fully saturated rings. The highest BCUT2D eigenvalue weighted by Gasteiger charge is 2.49. The zero-order valence-corrected chi connectivity index (χ0v) is 24.9. The molecule has 7 nitrogen and oxygen atoms in total. The van der Waals surface area contributed by atoms with E-state index < -0.39 is 12.1 Å². The summed E-state index contributed by atoms with van der Waals surface area (Å²) >= 11 is 5.94. The summed E-state index contributed by atoms with van der Waals surface area (Å²) in [6, 6.07) is 20.7. The molecule has 3 aromatic carbocycles. The number of carbonyl (C=O) groups is 4. The number of aryl methyl sites for hydroxylation is 1. The standard InChI is InChI=1S/C35H31ClN2O5/c1-19-7-16-27-28(17-19)34(41)38(33(27)40)25-14-10-22(11-15-25)30-18-29(26-6-4-5-20(2)31(26)37-30)35(42)43-21(3)32(39)23-8-12-24(36)13-9-23/h4-6,8-15,18-19,21,27-28H,7,16-17H2,1-3H3. The molecular weight excluding hydrogens is 564 g/mol. The number of pyridine rings is 1. The second-order valence-electron chi connectivity index (χ2n) is 11.6. The summed E-state index contributed by atoms with van der Waals surface area (Å²) < 4.78 is 5.65. The van der Waals surface area contributed by atoms with Gasteiger partial charge in [0.25, 0.3) is 0 Å². The van der Waals surface area contributed by atoms with Gasteiger partial charge in [0.05, 0.1) is 34.3 Å². The van der Waals surface area contributed by atoms with Crippen LogP contribution in [-0.2, 0) is 14.3 Å². The van der Waals surface area contributed by atoms with Gasteiger partial charge in [-0.15, -0.1) is 0 Å². The van der Waals surface area contributed by atoms with Gasteiger partial charge in [0, 0.05) is 21.5 Å². The number of esters is 1. The van der Waals surface area contributed by atoms with E-state index in [1.165, 1.54) is 4.90 Å². The first-order valence-corrected chi connectivity index (χ1v) is 14.9. The predicted octanol–water partition coefficient (Wildman–Crippen LogP) is 7.22. The van der Waals surface area contributed by atoms with Gasteiger partial charge in [-0.05, 0) is 87.1 Å². The summed E-state index contributed by atoms with van der Waals surface area (Å²) in [5.74, 6) is -1.28. The number of rotatable bonds is 6. The Morgan fingerprint density at radius 1 is 0.953 bits per heavy atom. The van der Waals surface area contributed by atoms with Crippen LogP contribution < -0.4 is 4.90 Å². The highest BCUT2D eigenvalue weighted by atomic mass is 35.5. The highest BCUT2D eigenvalue weighted by Crippen LogP contribution is 2.42. The van der Waals surface area contributed by atoms with Crippen molar-refractivity contribution < 1.29 is 23.9 Å². The number of anilines is 1. The fourth-order valence-electron chi connectivity index (χ4n) is 6.26. The fourth-order valence-corrected chi connectivity index (χ4v) is 6.39. The Hall–Kier alpha value is -4.36. The van der Waals surface area contributed by atoms with Gasteiger partial charge < -0.3 is 4.74 Å². The van der Waals surface area contributed by atoms with Crippen LogP contribution in [-0.4, -0.2) is 34.7 Å². The van der Waals surface area contributed by atoms with Crippen LogP contribution in [0.3, 0.4) is 0 Å². The van der Waals surface area contributed by atoms with Crippen molar-refractivity contribution in [2.24, 2.45) is 17.8 Å². The summed E-state index contributed by atoms with van der Waals surface area (Å²) in [7, 11) is 0. The third-order valence-corrected chi connectivity index (χ3v) is 8.90. The number of ketones is 1. The summed E-state index contributed by atoms with van der Waals surface area (Å²) in [6.45, 7) is 5.58. The lowest BCUT2D eigenvalue weighted by molar-refractivity contribution is -0.122. The Labute approximate surface area is 254 Å². The van der Waals surface area contributed by atoms with E-state index in [9.17, 15) is 19.2 Å². The van der Waals surface area contributed by atoms with Gasteiger partial charge in [-0.1, -0.05) is 48.9 Å². The SMILES string of the molecule is Cc1cccc2c(C(=O)OC(C)C(=O)c3ccc(Cl)cc3)cc(-c3ccc(N4C(=O)C5CCC(C)CC5C4=O)cc3)nc12. The summed E-state index contributed by atoms with van der Waals surface area (Å²) in [4.78, 5) is 59.0. The quantitative estimate of drug-likeness (QED) is 0.133. The van der Waals surface area contributed by atoms with E-state index in [1.807, 2.05) is 19.1 Å². The molecule has 4 atom stereocenters. The first-order valence-electron chi connectivity index (χ1n) is 14.5. The number of amides is 2. The number of para-hydroxylation sites is 1. The molecule has 0 N–H and O–H groups in total. The molecule has 0 spiro atoms. The molecule has 1 aromatic heterocycles. The number of fused-ring (bicyclic) bond motifs is 2. The van der Waals surface area contributed by atoms with E-state index in [1.54, 1.807) is 67.6 Å². The maximum atomic E-state index is 13.5. The number of aromatic nitrogens is 1. The molecule has 8 heteroatoms. The molecule has 0 bridgehead atoms. The van der Waals surface area contributed by atoms with E-state index in [0.29, 0.717) is 44.4 Å². The van der Waals surface area contributed by atoms with Gasteiger partial charge in [0.15, 0.2) is 6.10 Å². The first-order chi connectivity index (χ1) is 20.6. The van der Waals surface area contributed by atoms with E-state index >= 15 is 0 Å². The van der Waals surface area contributed by atoms with Gasteiger partial charge in [-0.2, -0.15) is 0 Å². The minimum Gasteiger partial charge on any atom is -0.451 e. The Morgan fingerprint density at radius 2 is 1.65 bits per heavy atom. The van der Waals surface area contributed by atoms with Crippen LogP contribution in [0.2, 0.25) is 5.02 Å². The minimum atomic E-state index is -1.02. The zero-order valence-electron chi connectivity index (χ0n) is 24.2. The average molecular weight is 595 g/mol. The number of ether oxygens (including phenoxy) is 1. The number of nitrogens with zero attached hydrogens (tertiary/aromatic N) is 2. The topological polar surface area (TPSA) is 93.6 Å². The van der Waals surface area contributed by atoms with Crippen LogP contribution in [0.5, 0.6) is 0 Å². The molecule has 2 amide bonds. The lowest BCUT2D eigenvalue weighted by atomic mass is 9.76. The van der Waals surface area contributed by atoms with Crippen molar-refractivity contribution in [2.75, 3.05) is 4.90 Å². The molecular formula is C35H31ClN2O5. The van der Waals surface area contributed by atoms with Crippen molar-refractivity contribution in [3.05, 3.63) is 94.5 Å². The average Bonchev–Trinajstić information content (AvgIpc) is 3.25. The maximum absolute atomic E-state index is 13.5. The summed E-state index contributed by atoms with van der Waals surface area (Å²) in [5.41, 5.74) is 3.95. The molecule has 2 heterocycles. The number of imide groups is 1. The number of hydrogen-bond donors (Lipinski definition) is 0. The van der Waals surface area contributed by atoms with Crippen molar-refractivity contribution in [3.63, 3.8) is 0 Å². The fraction of sp³-hybridized carbons (Fsp3) is 0.286. The molecule has 2 aliphatic rings. The van der Waals surface area contributed by atoms with Gasteiger partial charge >= 0.3 is 5.97 Å². The molecule has 4 unspecified atom stereocenters. The van der Waals surface area contributed by atoms with Crippen LogP contribution in [0.1, 0.15) is 59.4 Å². The molecule has 43 heavy (non-hydrogen) atoms. The number of benzene rings is 3. The second kappa shape index (κ2) is 11.4. The second-order valence-corrected chi connectivity index (χ2v) is 12.1. The van der Waals surface area contributed by atoms with Crippen molar-refractivity contribution in [3.8, 4) is 11.3 Å². The lowest BCUT2D eigenvalue weighted by Gasteiger charge is -2.25. The monoisotopic (exact) mass is 594 g/mol.